The van der Waals surface area contributed by atoms with Crippen LogP contribution < -0.4 is 15.1 Å². The lowest BCUT2D eigenvalue weighted by molar-refractivity contribution is -0.136. The van der Waals surface area contributed by atoms with Crippen molar-refractivity contribution >= 4 is 27.0 Å². The zero-order valence-corrected chi connectivity index (χ0v) is 21.4. The monoisotopic (exact) mass is 517 g/mol. The van der Waals surface area contributed by atoms with Crippen LogP contribution in [0.1, 0.15) is 34.2 Å². The average Bonchev–Trinajstić information content (AvgIpc) is 3.35. The Morgan fingerprint density at radius 3 is 2.41 bits per heavy atom. The second-order valence-electron chi connectivity index (χ2n) is 9.43. The molecule has 0 spiro atoms. The SMILES string of the molecule is Cc1ccc(S(=O)(=O)N[C@H](Cc2ccccc2)C(=O)Oc2cc(C)cc3oc(=O)c4c(c23)CCC4)cc1. The zero-order chi connectivity index (χ0) is 26.2. The first-order valence-electron chi connectivity index (χ1n) is 12.1. The minimum Gasteiger partial charge on any atom is -0.425 e. The van der Waals surface area contributed by atoms with E-state index in [-0.39, 0.29) is 22.7 Å². The molecule has 5 rings (SSSR count). The standard InChI is InChI=1S/C29H27NO6S/c1-18-11-13-21(14-12-18)37(33,34)30-24(17-20-7-4-3-5-8-20)29(32)36-26-16-19(2)15-25-27(26)22-9-6-10-23(22)28(31)35-25/h3-5,7-8,11-16,24,30H,6,9-10,17H2,1-2H3/t24-/m1/s1. The number of carbonyl (C=O) groups is 1. The van der Waals surface area contributed by atoms with Gasteiger partial charge in [-0.2, -0.15) is 4.72 Å². The number of sulfonamides is 1. The highest BCUT2D eigenvalue weighted by atomic mass is 32.2. The third kappa shape index (κ3) is 5.21. The molecule has 0 unspecified atom stereocenters. The van der Waals surface area contributed by atoms with Crippen molar-refractivity contribution in [2.75, 3.05) is 0 Å². The van der Waals surface area contributed by atoms with Gasteiger partial charge in [0.1, 0.15) is 17.4 Å². The maximum Gasteiger partial charge on any atom is 0.339 e. The van der Waals surface area contributed by atoms with Crippen LogP contribution in [-0.4, -0.2) is 20.4 Å². The first-order valence-corrected chi connectivity index (χ1v) is 13.6. The lowest BCUT2D eigenvalue weighted by Crippen LogP contribution is -2.44. The molecule has 7 nitrogen and oxygen atoms in total. The van der Waals surface area contributed by atoms with Crippen LogP contribution in [0.5, 0.6) is 5.75 Å². The molecule has 3 aromatic carbocycles. The van der Waals surface area contributed by atoms with E-state index >= 15 is 0 Å². The van der Waals surface area contributed by atoms with Crippen molar-refractivity contribution < 1.29 is 22.4 Å². The number of benzene rings is 3. The van der Waals surface area contributed by atoms with Crippen molar-refractivity contribution in [1.82, 2.24) is 4.72 Å². The van der Waals surface area contributed by atoms with E-state index in [9.17, 15) is 18.0 Å². The summed E-state index contributed by atoms with van der Waals surface area (Å²) in [5, 5.41) is 0.589. The highest BCUT2D eigenvalue weighted by Crippen LogP contribution is 2.35. The van der Waals surface area contributed by atoms with Crippen LogP contribution in [0.15, 0.2) is 80.8 Å². The normalized spacial score (nSPS) is 13.9. The molecule has 1 aliphatic rings. The Morgan fingerprint density at radius 1 is 0.973 bits per heavy atom. The second kappa shape index (κ2) is 9.95. The van der Waals surface area contributed by atoms with Gasteiger partial charge in [-0.1, -0.05) is 48.0 Å². The van der Waals surface area contributed by atoms with Crippen molar-refractivity contribution in [1.29, 1.82) is 0 Å². The summed E-state index contributed by atoms with van der Waals surface area (Å²) < 4.78 is 40.4. The molecule has 0 saturated carbocycles. The Bertz CT molecular complexity index is 1640. The highest BCUT2D eigenvalue weighted by Gasteiger charge is 2.30. The quantitative estimate of drug-likeness (QED) is 0.222. The third-order valence-electron chi connectivity index (χ3n) is 6.59. The number of fused-ring (bicyclic) bond motifs is 3. The molecule has 0 saturated heterocycles. The van der Waals surface area contributed by atoms with E-state index in [2.05, 4.69) is 4.72 Å². The van der Waals surface area contributed by atoms with E-state index in [1.165, 1.54) is 12.1 Å². The average molecular weight is 518 g/mol. The zero-order valence-electron chi connectivity index (χ0n) is 20.6. The van der Waals surface area contributed by atoms with Gasteiger partial charge in [0.15, 0.2) is 0 Å². The van der Waals surface area contributed by atoms with Crippen LogP contribution in [0.4, 0.5) is 0 Å². The molecule has 8 heteroatoms. The fourth-order valence-corrected chi connectivity index (χ4v) is 5.95. The Kier molecular flexibility index (Phi) is 6.70. The number of aryl methyl sites for hydroxylation is 3. The molecule has 37 heavy (non-hydrogen) atoms. The van der Waals surface area contributed by atoms with E-state index in [0.29, 0.717) is 29.4 Å². The number of ether oxygens (including phenoxy) is 1. The Balaban J connectivity index is 1.52. The summed E-state index contributed by atoms with van der Waals surface area (Å²) in [5.41, 5.74) is 3.87. The first-order chi connectivity index (χ1) is 17.7. The summed E-state index contributed by atoms with van der Waals surface area (Å²) in [5.74, 6) is -0.487. The minimum absolute atomic E-state index is 0.0598. The molecule has 0 fully saturated rings. The molecule has 4 aromatic rings. The number of rotatable bonds is 7. The number of hydrogen-bond donors (Lipinski definition) is 1. The molecule has 0 aliphatic heterocycles. The molecular formula is C29H27NO6S. The van der Waals surface area contributed by atoms with Crippen LogP contribution in [-0.2, 0) is 34.1 Å². The van der Waals surface area contributed by atoms with Crippen LogP contribution in [0.2, 0.25) is 0 Å². The Morgan fingerprint density at radius 2 is 1.68 bits per heavy atom. The summed E-state index contributed by atoms with van der Waals surface area (Å²) in [6.45, 7) is 3.68. The van der Waals surface area contributed by atoms with Crippen molar-refractivity contribution in [3.05, 3.63) is 105 Å². The van der Waals surface area contributed by atoms with Gasteiger partial charge in [0.2, 0.25) is 10.0 Å². The third-order valence-corrected chi connectivity index (χ3v) is 8.07. The molecule has 1 N–H and O–H groups in total. The molecule has 1 heterocycles. The first kappa shape index (κ1) is 24.9. The van der Waals surface area contributed by atoms with Gasteiger partial charge in [-0.3, -0.25) is 0 Å². The molecule has 1 aliphatic carbocycles. The molecule has 1 atom stereocenters. The van der Waals surface area contributed by atoms with Crippen molar-refractivity contribution in [3.8, 4) is 5.75 Å². The molecule has 0 radical (unpaired) electrons. The highest BCUT2D eigenvalue weighted by molar-refractivity contribution is 7.89. The van der Waals surface area contributed by atoms with Gasteiger partial charge in [-0.05, 0) is 80.5 Å². The number of nitrogens with one attached hydrogen (secondary N) is 1. The summed E-state index contributed by atoms with van der Waals surface area (Å²) in [6.07, 6.45) is 2.20. The van der Waals surface area contributed by atoms with Gasteiger partial charge >= 0.3 is 11.6 Å². The van der Waals surface area contributed by atoms with E-state index in [1.54, 1.807) is 24.3 Å². The van der Waals surface area contributed by atoms with E-state index in [4.69, 9.17) is 9.15 Å². The largest absolute Gasteiger partial charge is 0.425 e. The lowest BCUT2D eigenvalue weighted by atomic mass is 10.0. The van der Waals surface area contributed by atoms with E-state index in [0.717, 1.165) is 28.7 Å². The van der Waals surface area contributed by atoms with E-state index in [1.807, 2.05) is 44.2 Å². The minimum atomic E-state index is -4.01. The summed E-state index contributed by atoms with van der Waals surface area (Å²) in [7, 11) is -4.01. The molecular weight excluding hydrogens is 490 g/mol. The van der Waals surface area contributed by atoms with Gasteiger partial charge in [0, 0.05) is 5.56 Å². The maximum absolute atomic E-state index is 13.6. The summed E-state index contributed by atoms with van der Waals surface area (Å²) in [6, 6.07) is 17.8. The van der Waals surface area contributed by atoms with Gasteiger partial charge < -0.3 is 9.15 Å². The predicted octanol–water partition coefficient (Wildman–Crippen LogP) is 4.39. The fourth-order valence-electron chi connectivity index (χ4n) is 4.76. The van der Waals surface area contributed by atoms with Crippen molar-refractivity contribution in [2.24, 2.45) is 0 Å². The van der Waals surface area contributed by atoms with Crippen LogP contribution in [0.3, 0.4) is 0 Å². The Labute approximate surface area is 215 Å². The van der Waals surface area contributed by atoms with Crippen LogP contribution >= 0.6 is 0 Å². The second-order valence-corrected chi connectivity index (χ2v) is 11.1. The molecule has 1 aromatic heterocycles. The van der Waals surface area contributed by atoms with Crippen LogP contribution in [0, 0.1) is 13.8 Å². The molecule has 0 amide bonds. The van der Waals surface area contributed by atoms with Gasteiger partial charge in [-0.25, -0.2) is 18.0 Å². The van der Waals surface area contributed by atoms with Crippen LogP contribution in [0.25, 0.3) is 11.0 Å². The number of esters is 1. The Hall–Kier alpha value is -3.75. The summed E-state index contributed by atoms with van der Waals surface area (Å²) >= 11 is 0. The van der Waals surface area contributed by atoms with Crippen molar-refractivity contribution in [3.63, 3.8) is 0 Å². The fraction of sp³-hybridized carbons (Fsp3) is 0.241. The predicted molar refractivity (Wildman–Crippen MR) is 140 cm³/mol. The number of hydrogen-bond acceptors (Lipinski definition) is 6. The smallest absolute Gasteiger partial charge is 0.339 e. The van der Waals surface area contributed by atoms with E-state index < -0.39 is 22.0 Å². The van der Waals surface area contributed by atoms with Gasteiger partial charge in [0.05, 0.1) is 10.3 Å². The number of carbonyl (C=O) groups excluding carboxylic acids is 1. The summed E-state index contributed by atoms with van der Waals surface area (Å²) in [4.78, 5) is 26.1. The lowest BCUT2D eigenvalue weighted by Gasteiger charge is -2.19. The van der Waals surface area contributed by atoms with Crippen molar-refractivity contribution in [2.45, 2.75) is 50.5 Å². The topological polar surface area (TPSA) is 103 Å². The molecule has 190 valence electrons. The van der Waals surface area contributed by atoms with Gasteiger partial charge in [-0.15, -0.1) is 0 Å². The molecule has 0 bridgehead atoms. The van der Waals surface area contributed by atoms with Gasteiger partial charge in [0.25, 0.3) is 0 Å². The maximum atomic E-state index is 13.6.